The van der Waals surface area contributed by atoms with E-state index in [1.54, 1.807) is 11.2 Å². The highest BCUT2D eigenvalue weighted by Gasteiger charge is 2.48. The molecule has 2 heterocycles. The fourth-order valence-electron chi connectivity index (χ4n) is 2.96. The lowest BCUT2D eigenvalue weighted by Crippen LogP contribution is -2.62. The highest BCUT2D eigenvalue weighted by molar-refractivity contribution is 7.89. The van der Waals surface area contributed by atoms with Crippen molar-refractivity contribution in [3.8, 4) is 0 Å². The molecule has 0 unspecified atom stereocenters. The Balaban J connectivity index is 1.84. The van der Waals surface area contributed by atoms with E-state index in [-0.39, 0.29) is 5.75 Å². The summed E-state index contributed by atoms with van der Waals surface area (Å²) in [6, 6.07) is 0. The number of likely N-dealkylation sites (tertiary alicyclic amines) is 1. The van der Waals surface area contributed by atoms with E-state index in [2.05, 4.69) is 11.8 Å². The molecule has 0 atom stereocenters. The van der Waals surface area contributed by atoms with Crippen LogP contribution in [0.3, 0.4) is 0 Å². The largest absolute Gasteiger partial charge is 0.303 e. The molecule has 5 heteroatoms. The maximum Gasteiger partial charge on any atom is 0.213 e. The molecule has 2 fully saturated rings. The van der Waals surface area contributed by atoms with Crippen molar-refractivity contribution in [2.24, 2.45) is 5.41 Å². The number of nitrogens with zero attached hydrogens (tertiary/aromatic N) is 2. The van der Waals surface area contributed by atoms with Crippen LogP contribution in [0.2, 0.25) is 0 Å². The lowest BCUT2D eigenvalue weighted by atomic mass is 9.73. The fourth-order valence-corrected chi connectivity index (χ4v) is 4.27. The molecule has 17 heavy (non-hydrogen) atoms. The van der Waals surface area contributed by atoms with Crippen molar-refractivity contribution < 1.29 is 8.42 Å². The van der Waals surface area contributed by atoms with Gasteiger partial charge in [0.2, 0.25) is 10.0 Å². The third-order valence-electron chi connectivity index (χ3n) is 4.24. The molecule has 0 radical (unpaired) electrons. The Kier molecular flexibility index (Phi) is 3.80. The molecule has 2 rings (SSSR count). The zero-order valence-corrected chi connectivity index (χ0v) is 11.8. The third kappa shape index (κ3) is 2.66. The molecular weight excluding hydrogens is 236 g/mol. The Labute approximate surface area is 105 Å². The summed E-state index contributed by atoms with van der Waals surface area (Å²) in [4.78, 5) is 2.50. The Morgan fingerprint density at radius 2 is 1.71 bits per heavy atom. The first-order chi connectivity index (χ1) is 8.01. The second-order valence-electron chi connectivity index (χ2n) is 5.51. The van der Waals surface area contributed by atoms with Crippen LogP contribution in [0.1, 0.15) is 33.1 Å². The van der Waals surface area contributed by atoms with Crippen LogP contribution in [0.15, 0.2) is 0 Å². The van der Waals surface area contributed by atoms with Crippen LogP contribution in [0.5, 0.6) is 0 Å². The van der Waals surface area contributed by atoms with Gasteiger partial charge in [0.05, 0.1) is 5.75 Å². The first-order valence-electron chi connectivity index (χ1n) is 6.71. The molecule has 0 N–H and O–H groups in total. The summed E-state index contributed by atoms with van der Waals surface area (Å²) >= 11 is 0. The van der Waals surface area contributed by atoms with Crippen LogP contribution in [0.25, 0.3) is 0 Å². The van der Waals surface area contributed by atoms with Crippen LogP contribution < -0.4 is 0 Å². The topological polar surface area (TPSA) is 40.6 Å². The first kappa shape index (κ1) is 13.3. The maximum absolute atomic E-state index is 11.7. The lowest BCUT2D eigenvalue weighted by Gasteiger charge is -2.53. The van der Waals surface area contributed by atoms with Gasteiger partial charge in [-0.3, -0.25) is 0 Å². The van der Waals surface area contributed by atoms with E-state index in [9.17, 15) is 8.42 Å². The Morgan fingerprint density at radius 1 is 1.12 bits per heavy atom. The average molecular weight is 260 g/mol. The molecule has 0 aromatic heterocycles. The summed E-state index contributed by atoms with van der Waals surface area (Å²) in [5.74, 6) is 0.241. The van der Waals surface area contributed by atoms with Crippen molar-refractivity contribution in [1.29, 1.82) is 0 Å². The number of rotatable bonds is 4. The molecule has 4 nitrogen and oxygen atoms in total. The van der Waals surface area contributed by atoms with Crippen LogP contribution in [0.4, 0.5) is 0 Å². The second-order valence-corrected chi connectivity index (χ2v) is 7.77. The van der Waals surface area contributed by atoms with E-state index >= 15 is 0 Å². The molecule has 0 amide bonds. The van der Waals surface area contributed by atoms with Gasteiger partial charge in [-0.15, -0.1) is 0 Å². The summed E-state index contributed by atoms with van der Waals surface area (Å²) in [5, 5.41) is 0. The van der Waals surface area contributed by atoms with Gasteiger partial charge >= 0.3 is 0 Å². The molecule has 100 valence electrons. The zero-order valence-electron chi connectivity index (χ0n) is 11.0. The monoisotopic (exact) mass is 260 g/mol. The zero-order chi connectivity index (χ0) is 12.5. The summed E-state index contributed by atoms with van der Waals surface area (Å²) in [6.07, 6.45) is 3.55. The standard InChI is InChI=1S/C12H24N2O2S/c1-3-7-13-8-5-12(6-9-13)10-14(11-12)17(15,16)4-2/h3-11H2,1-2H3. The van der Waals surface area contributed by atoms with Gasteiger partial charge in [0.1, 0.15) is 0 Å². The minimum atomic E-state index is -2.94. The Hall–Kier alpha value is -0.130. The smallest absolute Gasteiger partial charge is 0.213 e. The lowest BCUT2D eigenvalue weighted by molar-refractivity contribution is 0.000975. The predicted octanol–water partition coefficient (Wildman–Crippen LogP) is 1.14. The van der Waals surface area contributed by atoms with E-state index in [0.29, 0.717) is 5.41 Å². The van der Waals surface area contributed by atoms with Gasteiger partial charge in [0.15, 0.2) is 0 Å². The van der Waals surface area contributed by atoms with Gasteiger partial charge in [0, 0.05) is 18.5 Å². The van der Waals surface area contributed by atoms with Gasteiger partial charge in [-0.25, -0.2) is 12.7 Å². The van der Waals surface area contributed by atoms with Crippen LogP contribution >= 0.6 is 0 Å². The number of hydrogen-bond acceptors (Lipinski definition) is 3. The summed E-state index contributed by atoms with van der Waals surface area (Å²) < 4.78 is 25.0. The van der Waals surface area contributed by atoms with Crippen LogP contribution in [0, 0.1) is 5.41 Å². The van der Waals surface area contributed by atoms with Gasteiger partial charge < -0.3 is 4.90 Å². The third-order valence-corrected chi connectivity index (χ3v) is 6.01. The fraction of sp³-hybridized carbons (Fsp3) is 1.00. The van der Waals surface area contributed by atoms with Crippen molar-refractivity contribution >= 4 is 10.0 Å². The van der Waals surface area contributed by atoms with Crippen LogP contribution in [-0.4, -0.2) is 56.1 Å². The summed E-state index contributed by atoms with van der Waals surface area (Å²) in [5.41, 5.74) is 0.312. The van der Waals surface area contributed by atoms with Gasteiger partial charge in [-0.05, 0) is 45.8 Å². The Bertz CT molecular complexity index is 351. The van der Waals surface area contributed by atoms with Crippen molar-refractivity contribution in [3.63, 3.8) is 0 Å². The highest BCUT2D eigenvalue weighted by atomic mass is 32.2. The minimum absolute atomic E-state index is 0.241. The molecular formula is C12H24N2O2S. The molecule has 0 aromatic carbocycles. The Morgan fingerprint density at radius 3 is 2.18 bits per heavy atom. The highest BCUT2D eigenvalue weighted by Crippen LogP contribution is 2.41. The van der Waals surface area contributed by atoms with E-state index in [0.717, 1.165) is 26.2 Å². The number of sulfonamides is 1. The molecule has 0 aliphatic carbocycles. The molecule has 1 spiro atoms. The quantitative estimate of drug-likeness (QED) is 0.761. The predicted molar refractivity (Wildman–Crippen MR) is 69.4 cm³/mol. The van der Waals surface area contributed by atoms with Crippen LogP contribution in [-0.2, 0) is 10.0 Å². The summed E-state index contributed by atoms with van der Waals surface area (Å²) in [6.45, 7) is 8.95. The molecule has 0 saturated carbocycles. The van der Waals surface area contributed by atoms with Crippen molar-refractivity contribution in [1.82, 2.24) is 9.21 Å². The second kappa shape index (κ2) is 4.86. The van der Waals surface area contributed by atoms with E-state index in [1.165, 1.54) is 25.8 Å². The number of piperidine rings is 1. The van der Waals surface area contributed by atoms with E-state index in [4.69, 9.17) is 0 Å². The molecule has 2 saturated heterocycles. The normalized spacial score (nSPS) is 26.0. The minimum Gasteiger partial charge on any atom is -0.303 e. The SMILES string of the molecule is CCCN1CCC2(CC1)CN(S(=O)(=O)CC)C2. The van der Waals surface area contributed by atoms with Gasteiger partial charge in [0.25, 0.3) is 0 Å². The van der Waals surface area contributed by atoms with E-state index in [1.807, 2.05) is 0 Å². The van der Waals surface area contributed by atoms with Gasteiger partial charge in [-0.1, -0.05) is 6.92 Å². The maximum atomic E-state index is 11.7. The van der Waals surface area contributed by atoms with Gasteiger partial charge in [-0.2, -0.15) is 0 Å². The first-order valence-corrected chi connectivity index (χ1v) is 8.32. The number of hydrogen-bond donors (Lipinski definition) is 0. The summed E-state index contributed by atoms with van der Waals surface area (Å²) in [7, 11) is -2.94. The van der Waals surface area contributed by atoms with Crippen molar-refractivity contribution in [2.75, 3.05) is 38.5 Å². The molecule has 0 bridgehead atoms. The van der Waals surface area contributed by atoms with E-state index < -0.39 is 10.0 Å². The average Bonchev–Trinajstić information content (AvgIpc) is 2.27. The molecule has 2 aliphatic rings. The van der Waals surface area contributed by atoms with Crippen molar-refractivity contribution in [3.05, 3.63) is 0 Å². The molecule has 2 aliphatic heterocycles. The van der Waals surface area contributed by atoms with Crippen molar-refractivity contribution in [2.45, 2.75) is 33.1 Å². The molecule has 0 aromatic rings.